The molecule has 6 heteroatoms. The summed E-state index contributed by atoms with van der Waals surface area (Å²) in [6.45, 7) is 7.21. The van der Waals surface area contributed by atoms with Crippen molar-refractivity contribution in [3.05, 3.63) is 0 Å². The molecule has 20 heavy (non-hydrogen) atoms. The maximum Gasteiger partial charge on any atom is 0.227 e. The lowest BCUT2D eigenvalue weighted by molar-refractivity contribution is -0.134. The summed E-state index contributed by atoms with van der Waals surface area (Å²) in [5.74, 6) is -0.0498. The molecule has 0 saturated carbocycles. The number of carbonyl (C=O) groups is 2. The van der Waals surface area contributed by atoms with E-state index in [0.717, 1.165) is 19.6 Å². The molecule has 1 atom stereocenters. The summed E-state index contributed by atoms with van der Waals surface area (Å²) in [5.41, 5.74) is -0.480. The number of hydrogen-bond acceptors (Lipinski definition) is 4. The minimum atomic E-state index is -0.480. The molecule has 1 rings (SSSR count). The van der Waals surface area contributed by atoms with Crippen molar-refractivity contribution in [2.24, 2.45) is 5.41 Å². The van der Waals surface area contributed by atoms with Gasteiger partial charge in [-0.25, -0.2) is 0 Å². The lowest BCUT2D eigenvalue weighted by Crippen LogP contribution is -2.60. The molecular weight excluding hydrogens is 262 g/mol. The second-order valence-electron chi connectivity index (χ2n) is 6.16. The van der Waals surface area contributed by atoms with Crippen molar-refractivity contribution in [2.75, 3.05) is 47.3 Å². The second kappa shape index (κ2) is 7.04. The van der Waals surface area contributed by atoms with Gasteiger partial charge in [0, 0.05) is 45.7 Å². The summed E-state index contributed by atoms with van der Waals surface area (Å²) in [6.07, 6.45) is 0.318. The van der Waals surface area contributed by atoms with E-state index in [9.17, 15) is 9.59 Å². The van der Waals surface area contributed by atoms with Crippen molar-refractivity contribution in [1.82, 2.24) is 20.4 Å². The highest BCUT2D eigenvalue weighted by molar-refractivity contribution is 5.83. The topological polar surface area (TPSA) is 64.7 Å². The zero-order chi connectivity index (χ0) is 15.3. The van der Waals surface area contributed by atoms with E-state index in [0.29, 0.717) is 13.0 Å². The molecule has 1 unspecified atom stereocenters. The highest BCUT2D eigenvalue weighted by atomic mass is 16.3. The van der Waals surface area contributed by atoms with Crippen molar-refractivity contribution in [3.8, 4) is 0 Å². The molecule has 0 radical (unpaired) electrons. The van der Waals surface area contributed by atoms with Crippen molar-refractivity contribution < 1.29 is 9.59 Å². The van der Waals surface area contributed by atoms with Gasteiger partial charge in [-0.3, -0.25) is 14.5 Å². The zero-order valence-electron chi connectivity index (χ0n) is 13.3. The first kappa shape index (κ1) is 16.9. The van der Waals surface area contributed by atoms with E-state index in [1.54, 1.807) is 7.05 Å². The van der Waals surface area contributed by atoms with E-state index in [2.05, 4.69) is 34.5 Å². The van der Waals surface area contributed by atoms with E-state index in [-0.39, 0.29) is 17.9 Å². The average molecular weight is 290 g/mol. The Hall–Kier alpha value is -1.14. The number of hydrogen-bond donors (Lipinski definition) is 2. The van der Waals surface area contributed by atoms with E-state index in [4.69, 9.17) is 0 Å². The first-order chi connectivity index (χ1) is 9.28. The molecule has 0 aromatic rings. The highest BCUT2D eigenvalue weighted by Crippen LogP contribution is 2.27. The van der Waals surface area contributed by atoms with Gasteiger partial charge in [0.15, 0.2) is 0 Å². The Morgan fingerprint density at radius 1 is 1.25 bits per heavy atom. The van der Waals surface area contributed by atoms with Crippen LogP contribution in [0.2, 0.25) is 0 Å². The Labute approximate surface area is 121 Å². The fourth-order valence-electron chi connectivity index (χ4n) is 2.58. The van der Waals surface area contributed by atoms with Crippen molar-refractivity contribution in [3.63, 3.8) is 0 Å². The fourth-order valence-corrected chi connectivity index (χ4v) is 2.58. The van der Waals surface area contributed by atoms with Crippen LogP contribution in [0.1, 0.15) is 20.3 Å². The molecule has 0 aromatic heterocycles. The molecule has 0 bridgehead atoms. The lowest BCUT2D eigenvalue weighted by Gasteiger charge is -2.45. The van der Waals surface area contributed by atoms with Gasteiger partial charge < -0.3 is 15.5 Å². The molecule has 1 fully saturated rings. The van der Waals surface area contributed by atoms with E-state index >= 15 is 0 Å². The third kappa shape index (κ3) is 4.18. The van der Waals surface area contributed by atoms with Crippen molar-refractivity contribution in [2.45, 2.75) is 26.3 Å². The van der Waals surface area contributed by atoms with Crippen LogP contribution in [0.15, 0.2) is 0 Å². The minimum Gasteiger partial charge on any atom is -0.359 e. The SMILES string of the molecule is CN1CCN([13CH3])C(C(C)(C)C(=O)[15NH]C[13CH2][13C](=O)[15NH][13CH3])C1. The van der Waals surface area contributed by atoms with Crippen molar-refractivity contribution in [1.29, 1.82) is 0 Å². The minimum absolute atomic E-state index is 0.00792. The van der Waals surface area contributed by atoms with Gasteiger partial charge in [-0.1, -0.05) is 0 Å². The molecule has 2 N–H and O–H groups in total. The normalized spacial score (nSPS) is 21.6. The Bertz CT molecular complexity index is 357. The first-order valence-electron chi connectivity index (χ1n) is 7.16. The molecule has 0 spiro atoms. The molecule has 1 saturated heterocycles. The third-order valence-electron chi connectivity index (χ3n) is 4.19. The van der Waals surface area contributed by atoms with Crippen LogP contribution in [0.25, 0.3) is 0 Å². The maximum absolute atomic E-state index is 12.4. The van der Waals surface area contributed by atoms with E-state index < -0.39 is 5.41 Å². The monoisotopic (exact) mass is 290 g/mol. The number of amides is 2. The first-order valence-corrected chi connectivity index (χ1v) is 7.16. The molecule has 0 aromatic carbocycles. The molecule has 0 aliphatic carbocycles. The van der Waals surface area contributed by atoms with Gasteiger partial charge in [-0.15, -0.1) is 0 Å². The Morgan fingerprint density at radius 2 is 1.90 bits per heavy atom. The van der Waals surface area contributed by atoms with Gasteiger partial charge >= 0.3 is 0 Å². The number of nitrogens with one attached hydrogen (secondary N) is 2. The molecule has 1 heterocycles. The zero-order valence-corrected chi connectivity index (χ0v) is 13.3. The Balaban J connectivity index is 2.57. The number of rotatable bonds is 5. The number of piperazine rings is 1. The number of likely N-dealkylation sites (N-methyl/N-ethyl adjacent to an activating group) is 2. The number of nitrogens with zero attached hydrogens (tertiary/aromatic N) is 2. The second-order valence-corrected chi connectivity index (χ2v) is 6.16. The van der Waals surface area contributed by atoms with Gasteiger partial charge in [0.2, 0.25) is 11.8 Å². The van der Waals surface area contributed by atoms with Gasteiger partial charge in [-0.2, -0.15) is 0 Å². The molecule has 1 aliphatic heterocycles. The Kier molecular flexibility index (Phi) is 5.95. The van der Waals surface area contributed by atoms with Crippen molar-refractivity contribution >= 4 is 11.8 Å². The summed E-state index contributed by atoms with van der Waals surface area (Å²) in [6, 6.07) is 0.182. The van der Waals surface area contributed by atoms with Crippen LogP contribution in [-0.2, 0) is 9.59 Å². The molecule has 1 aliphatic rings. The summed E-state index contributed by atoms with van der Waals surface area (Å²) in [4.78, 5) is 28.1. The van der Waals surface area contributed by atoms with Gasteiger partial charge in [0.05, 0.1) is 5.41 Å². The summed E-state index contributed by atoms with van der Waals surface area (Å²) < 4.78 is 0. The van der Waals surface area contributed by atoms with E-state index in [1.807, 2.05) is 13.8 Å². The summed E-state index contributed by atoms with van der Waals surface area (Å²) in [7, 11) is 5.75. The largest absolute Gasteiger partial charge is 0.359 e. The van der Waals surface area contributed by atoms with Crippen LogP contribution in [-0.4, -0.2) is 75.0 Å². The smallest absolute Gasteiger partial charge is 0.227 e. The van der Waals surface area contributed by atoms with E-state index in [1.165, 1.54) is 0 Å². The van der Waals surface area contributed by atoms with Gasteiger partial charge in [0.25, 0.3) is 0 Å². The third-order valence-corrected chi connectivity index (χ3v) is 4.19. The molecule has 2 amide bonds. The fraction of sp³-hybridized carbons (Fsp3) is 0.857. The lowest BCUT2D eigenvalue weighted by atomic mass is 9.82. The molecule has 6 nitrogen and oxygen atoms in total. The molecule has 116 valence electrons. The van der Waals surface area contributed by atoms with Crippen LogP contribution in [0.4, 0.5) is 0 Å². The van der Waals surface area contributed by atoms with Crippen LogP contribution in [0.3, 0.4) is 0 Å². The van der Waals surface area contributed by atoms with Crippen LogP contribution in [0, 0.1) is 5.41 Å². The Morgan fingerprint density at radius 3 is 2.50 bits per heavy atom. The van der Waals surface area contributed by atoms with Crippen LogP contribution >= 0.6 is 0 Å². The standard InChI is InChI=1S/C14H28N4O2/c1-14(2,11-10-17(4)8-9-18(11)5)13(20)16-7-6-12(19)15-3/h11H,6-10H2,1-5H3,(H,15,19)(H,16,20)/i3+1,5+1,6+1,12+1,15+1,16+1. The number of carbonyl (C=O) groups excluding carboxylic acids is 2. The predicted octanol–water partition coefficient (Wildman–Crippen LogP) is -0.489. The average Bonchev–Trinajstić information content (AvgIpc) is 2.40. The van der Waals surface area contributed by atoms with Crippen LogP contribution < -0.4 is 10.6 Å². The highest BCUT2D eigenvalue weighted by Gasteiger charge is 2.41. The quantitative estimate of drug-likeness (QED) is 0.530. The van der Waals surface area contributed by atoms with Crippen LogP contribution in [0.5, 0.6) is 0 Å². The van der Waals surface area contributed by atoms with Gasteiger partial charge in [0.1, 0.15) is 0 Å². The molecular formula is C14H28N4O2. The predicted molar refractivity (Wildman–Crippen MR) is 79.4 cm³/mol. The summed E-state index contributed by atoms with van der Waals surface area (Å²) >= 11 is 0. The van der Waals surface area contributed by atoms with Gasteiger partial charge in [-0.05, 0) is 27.9 Å². The summed E-state index contributed by atoms with van der Waals surface area (Å²) in [5, 5.41) is 5.42. The maximum atomic E-state index is 12.4.